The SMILES string of the molecule is C[C@H](C(=O)NC1CC1)S(=O)(=O)Cc1ccccc1C(F)(F)F. The molecule has 1 amide bonds. The molecule has 22 heavy (non-hydrogen) atoms. The van der Waals surface area contributed by atoms with Crippen LogP contribution in [-0.2, 0) is 26.6 Å². The Morgan fingerprint density at radius 1 is 1.32 bits per heavy atom. The summed E-state index contributed by atoms with van der Waals surface area (Å²) in [4.78, 5) is 11.8. The van der Waals surface area contributed by atoms with Gasteiger partial charge in [-0.1, -0.05) is 18.2 Å². The molecular weight excluding hydrogens is 319 g/mol. The molecule has 1 aliphatic carbocycles. The smallest absolute Gasteiger partial charge is 0.352 e. The van der Waals surface area contributed by atoms with Crippen molar-refractivity contribution in [1.29, 1.82) is 0 Å². The van der Waals surface area contributed by atoms with E-state index in [1.807, 2.05) is 0 Å². The van der Waals surface area contributed by atoms with Gasteiger partial charge in [0.25, 0.3) is 0 Å². The summed E-state index contributed by atoms with van der Waals surface area (Å²) < 4.78 is 63.1. The van der Waals surface area contributed by atoms with Gasteiger partial charge in [-0.15, -0.1) is 0 Å². The van der Waals surface area contributed by atoms with Gasteiger partial charge in [0.05, 0.1) is 11.3 Å². The van der Waals surface area contributed by atoms with E-state index in [1.165, 1.54) is 19.1 Å². The van der Waals surface area contributed by atoms with E-state index in [4.69, 9.17) is 0 Å². The molecule has 2 rings (SSSR count). The van der Waals surface area contributed by atoms with Gasteiger partial charge in [0.2, 0.25) is 5.91 Å². The molecule has 0 bridgehead atoms. The second-order valence-electron chi connectivity index (χ2n) is 5.39. The molecule has 0 spiro atoms. The lowest BCUT2D eigenvalue weighted by molar-refractivity contribution is -0.138. The first-order chi connectivity index (χ1) is 10.1. The van der Waals surface area contributed by atoms with E-state index in [-0.39, 0.29) is 11.6 Å². The molecule has 0 aromatic heterocycles. The fourth-order valence-electron chi connectivity index (χ4n) is 1.97. The third kappa shape index (κ3) is 4.00. The van der Waals surface area contributed by atoms with Gasteiger partial charge in [0.15, 0.2) is 9.84 Å². The molecule has 1 aromatic rings. The number of halogens is 3. The van der Waals surface area contributed by atoms with Crippen molar-refractivity contribution in [3.05, 3.63) is 35.4 Å². The quantitative estimate of drug-likeness (QED) is 0.898. The van der Waals surface area contributed by atoms with E-state index in [9.17, 15) is 26.4 Å². The lowest BCUT2D eigenvalue weighted by Gasteiger charge is -2.16. The van der Waals surface area contributed by atoms with Crippen LogP contribution in [0.2, 0.25) is 0 Å². The Labute approximate surface area is 126 Å². The molecule has 1 fully saturated rings. The second-order valence-corrected chi connectivity index (χ2v) is 7.71. The monoisotopic (exact) mass is 335 g/mol. The standard InChI is InChI=1S/C14H16F3NO3S/c1-9(13(19)18-11-6-7-11)22(20,21)8-10-4-2-3-5-12(10)14(15,16)17/h2-5,9,11H,6-8H2,1H3,(H,18,19)/t9-/m1/s1. The average molecular weight is 335 g/mol. The number of benzene rings is 1. The van der Waals surface area contributed by atoms with Crippen LogP contribution < -0.4 is 5.32 Å². The van der Waals surface area contributed by atoms with Crippen molar-refractivity contribution >= 4 is 15.7 Å². The van der Waals surface area contributed by atoms with Gasteiger partial charge in [-0.3, -0.25) is 4.79 Å². The zero-order chi connectivity index (χ0) is 16.5. The molecule has 1 aromatic carbocycles. The highest BCUT2D eigenvalue weighted by molar-refractivity contribution is 7.92. The molecule has 0 unspecified atom stereocenters. The highest BCUT2D eigenvalue weighted by atomic mass is 32.2. The molecule has 0 saturated heterocycles. The zero-order valence-electron chi connectivity index (χ0n) is 11.9. The van der Waals surface area contributed by atoms with Gasteiger partial charge in [0.1, 0.15) is 5.25 Å². The predicted molar refractivity (Wildman–Crippen MR) is 74.7 cm³/mol. The molecule has 122 valence electrons. The number of hydrogen-bond donors (Lipinski definition) is 1. The molecule has 0 heterocycles. The lowest BCUT2D eigenvalue weighted by atomic mass is 10.1. The van der Waals surface area contributed by atoms with Crippen LogP contribution in [0, 0.1) is 0 Å². The number of carbonyl (C=O) groups excluding carboxylic acids is 1. The van der Waals surface area contributed by atoms with E-state index in [1.54, 1.807) is 0 Å². The van der Waals surface area contributed by atoms with Crippen molar-refractivity contribution in [3.63, 3.8) is 0 Å². The molecule has 1 atom stereocenters. The maximum absolute atomic E-state index is 12.9. The summed E-state index contributed by atoms with van der Waals surface area (Å²) in [6, 6.07) is 4.48. The summed E-state index contributed by atoms with van der Waals surface area (Å²) in [5.41, 5.74) is -1.34. The van der Waals surface area contributed by atoms with Crippen molar-refractivity contribution in [1.82, 2.24) is 5.32 Å². The molecule has 8 heteroatoms. The van der Waals surface area contributed by atoms with E-state index in [0.717, 1.165) is 25.0 Å². The van der Waals surface area contributed by atoms with Crippen LogP contribution in [0.1, 0.15) is 30.9 Å². The molecule has 4 nitrogen and oxygen atoms in total. The third-order valence-electron chi connectivity index (χ3n) is 3.51. The van der Waals surface area contributed by atoms with Crippen molar-refractivity contribution in [2.75, 3.05) is 0 Å². The Kier molecular flexibility index (Phi) is 4.51. The minimum absolute atomic E-state index is 0.00684. The van der Waals surface area contributed by atoms with Crippen LogP contribution >= 0.6 is 0 Å². The Hall–Kier alpha value is -1.57. The van der Waals surface area contributed by atoms with Crippen LogP contribution in [0.25, 0.3) is 0 Å². The second kappa shape index (κ2) is 5.91. The van der Waals surface area contributed by atoms with Crippen molar-refractivity contribution in [2.45, 2.75) is 43.0 Å². The summed E-state index contributed by atoms with van der Waals surface area (Å²) in [6.07, 6.45) is -3.03. The van der Waals surface area contributed by atoms with Gasteiger partial charge in [-0.25, -0.2) is 8.42 Å². The van der Waals surface area contributed by atoms with Crippen LogP contribution in [0.4, 0.5) is 13.2 Å². The summed E-state index contributed by atoms with van der Waals surface area (Å²) in [5.74, 6) is -1.48. The van der Waals surface area contributed by atoms with Gasteiger partial charge in [-0.05, 0) is 31.4 Å². The number of hydrogen-bond acceptors (Lipinski definition) is 3. The van der Waals surface area contributed by atoms with Crippen molar-refractivity contribution in [3.8, 4) is 0 Å². The van der Waals surface area contributed by atoms with Crippen LogP contribution in [-0.4, -0.2) is 25.6 Å². The highest BCUT2D eigenvalue weighted by Gasteiger charge is 2.37. The van der Waals surface area contributed by atoms with E-state index in [2.05, 4.69) is 5.32 Å². The maximum Gasteiger partial charge on any atom is 0.416 e. The number of alkyl halides is 3. The maximum atomic E-state index is 12.9. The Balaban J connectivity index is 2.19. The molecule has 0 aliphatic heterocycles. The van der Waals surface area contributed by atoms with Crippen molar-refractivity contribution in [2.24, 2.45) is 0 Å². The summed E-state index contributed by atoms with van der Waals surface area (Å²) in [7, 11) is -4.03. The van der Waals surface area contributed by atoms with Gasteiger partial charge < -0.3 is 5.32 Å². The zero-order valence-corrected chi connectivity index (χ0v) is 12.7. The summed E-state index contributed by atoms with van der Waals surface area (Å²) in [5, 5.41) is 1.17. The van der Waals surface area contributed by atoms with Crippen LogP contribution in [0.5, 0.6) is 0 Å². The summed E-state index contributed by atoms with van der Waals surface area (Å²) in [6.45, 7) is 1.20. The topological polar surface area (TPSA) is 63.2 Å². The number of amides is 1. The molecule has 1 N–H and O–H groups in total. The fourth-order valence-corrected chi connectivity index (χ4v) is 3.30. The third-order valence-corrected chi connectivity index (χ3v) is 5.52. The largest absolute Gasteiger partial charge is 0.416 e. The number of sulfone groups is 1. The molecule has 1 aliphatic rings. The molecular formula is C14H16F3NO3S. The van der Waals surface area contributed by atoms with E-state index < -0.39 is 38.5 Å². The Bertz CT molecular complexity index is 666. The van der Waals surface area contributed by atoms with Gasteiger partial charge in [-0.2, -0.15) is 13.2 Å². The normalized spacial score (nSPS) is 17.1. The predicted octanol–water partition coefficient (Wildman–Crippen LogP) is 2.29. The number of rotatable bonds is 5. The Morgan fingerprint density at radius 3 is 2.45 bits per heavy atom. The van der Waals surface area contributed by atoms with E-state index in [0.29, 0.717) is 0 Å². The van der Waals surface area contributed by atoms with Gasteiger partial charge >= 0.3 is 6.18 Å². The highest BCUT2D eigenvalue weighted by Crippen LogP contribution is 2.33. The van der Waals surface area contributed by atoms with Crippen LogP contribution in [0.15, 0.2) is 24.3 Å². The minimum atomic E-state index is -4.63. The van der Waals surface area contributed by atoms with Crippen LogP contribution in [0.3, 0.4) is 0 Å². The average Bonchev–Trinajstić information content (AvgIpc) is 3.20. The van der Waals surface area contributed by atoms with E-state index >= 15 is 0 Å². The Morgan fingerprint density at radius 2 is 1.91 bits per heavy atom. The minimum Gasteiger partial charge on any atom is -0.352 e. The first-order valence-corrected chi connectivity index (χ1v) is 8.50. The first kappa shape index (κ1) is 16.8. The summed E-state index contributed by atoms with van der Waals surface area (Å²) >= 11 is 0. The molecule has 0 radical (unpaired) electrons. The van der Waals surface area contributed by atoms with Crippen molar-refractivity contribution < 1.29 is 26.4 Å². The molecule has 1 saturated carbocycles. The first-order valence-electron chi connectivity index (χ1n) is 6.78. The van der Waals surface area contributed by atoms with Gasteiger partial charge in [0, 0.05) is 6.04 Å². The number of nitrogens with one attached hydrogen (secondary N) is 1. The fraction of sp³-hybridized carbons (Fsp3) is 0.500. The lowest BCUT2D eigenvalue weighted by Crippen LogP contribution is -2.39. The number of carbonyl (C=O) groups is 1.